The number of aromatic nitrogens is 2. The van der Waals surface area contributed by atoms with Gasteiger partial charge in [-0.1, -0.05) is 11.6 Å². The Morgan fingerprint density at radius 1 is 1.53 bits per heavy atom. The van der Waals surface area contributed by atoms with Crippen LogP contribution in [-0.2, 0) is 0 Å². The number of rotatable bonds is 3. The van der Waals surface area contributed by atoms with Gasteiger partial charge in [-0.25, -0.2) is 4.79 Å². The van der Waals surface area contributed by atoms with Gasteiger partial charge in [0.05, 0.1) is 0 Å². The van der Waals surface area contributed by atoms with Crippen LogP contribution in [0.5, 0.6) is 0 Å². The average molecular weight is 228 g/mol. The summed E-state index contributed by atoms with van der Waals surface area (Å²) >= 11 is 5.59. The van der Waals surface area contributed by atoms with Crippen molar-refractivity contribution in [3.8, 4) is 0 Å². The third-order valence-corrected chi connectivity index (χ3v) is 2.72. The van der Waals surface area contributed by atoms with E-state index in [4.69, 9.17) is 16.7 Å². The van der Waals surface area contributed by atoms with Crippen LogP contribution < -0.4 is 5.32 Å². The summed E-state index contributed by atoms with van der Waals surface area (Å²) in [5, 5.41) is 19.2. The van der Waals surface area contributed by atoms with E-state index >= 15 is 0 Å². The molecule has 1 aliphatic rings. The first-order valence-electron chi connectivity index (χ1n) is 4.70. The lowest BCUT2D eigenvalue weighted by Crippen LogP contribution is -2.27. The number of carboxylic acids is 1. The maximum absolute atomic E-state index is 10.8. The fourth-order valence-electron chi connectivity index (χ4n) is 1.36. The number of nitrogens with one attached hydrogen (secondary N) is 1. The van der Waals surface area contributed by atoms with E-state index in [1.165, 1.54) is 12.5 Å². The van der Waals surface area contributed by atoms with Gasteiger partial charge in [0, 0.05) is 12.1 Å². The standard InChI is InChI=1S/C9H10ClN3O2/c10-8-6(9(14)15)4-7(12-13-8)11-5-2-1-3-5/h4-5H,1-3H2,(H,11,12)(H,14,15). The van der Waals surface area contributed by atoms with Crippen LogP contribution >= 0.6 is 11.6 Å². The second-order valence-electron chi connectivity index (χ2n) is 3.51. The van der Waals surface area contributed by atoms with Crippen molar-refractivity contribution in [1.82, 2.24) is 10.2 Å². The summed E-state index contributed by atoms with van der Waals surface area (Å²) in [7, 11) is 0. The number of carbonyl (C=O) groups is 1. The van der Waals surface area contributed by atoms with Gasteiger partial charge in [-0.3, -0.25) is 0 Å². The second-order valence-corrected chi connectivity index (χ2v) is 3.87. The van der Waals surface area contributed by atoms with E-state index in [2.05, 4.69) is 15.5 Å². The maximum Gasteiger partial charge on any atom is 0.339 e. The lowest BCUT2D eigenvalue weighted by atomic mass is 9.93. The molecule has 0 spiro atoms. The van der Waals surface area contributed by atoms with E-state index in [0.717, 1.165) is 12.8 Å². The molecule has 0 radical (unpaired) electrons. The number of hydrogen-bond donors (Lipinski definition) is 2. The SMILES string of the molecule is O=C(O)c1cc(NC2CCC2)nnc1Cl. The number of anilines is 1. The summed E-state index contributed by atoms with van der Waals surface area (Å²) in [6.07, 6.45) is 3.38. The lowest BCUT2D eigenvalue weighted by Gasteiger charge is -2.26. The van der Waals surface area contributed by atoms with E-state index in [9.17, 15) is 4.79 Å². The van der Waals surface area contributed by atoms with E-state index in [1.54, 1.807) is 0 Å². The largest absolute Gasteiger partial charge is 0.478 e. The van der Waals surface area contributed by atoms with Gasteiger partial charge in [-0.05, 0) is 19.3 Å². The Morgan fingerprint density at radius 2 is 2.27 bits per heavy atom. The molecule has 0 amide bonds. The molecule has 0 unspecified atom stereocenters. The highest BCUT2D eigenvalue weighted by Crippen LogP contribution is 2.23. The molecule has 1 heterocycles. The van der Waals surface area contributed by atoms with Crippen LogP contribution in [0.3, 0.4) is 0 Å². The topological polar surface area (TPSA) is 75.1 Å². The van der Waals surface area contributed by atoms with Crippen molar-refractivity contribution in [3.05, 3.63) is 16.8 Å². The fourth-order valence-corrected chi connectivity index (χ4v) is 1.53. The van der Waals surface area contributed by atoms with E-state index in [0.29, 0.717) is 11.9 Å². The molecule has 6 heteroatoms. The van der Waals surface area contributed by atoms with Gasteiger partial charge in [0.1, 0.15) is 11.4 Å². The van der Waals surface area contributed by atoms with Crippen LogP contribution in [0.25, 0.3) is 0 Å². The Kier molecular flexibility index (Phi) is 2.73. The number of carboxylic acid groups (broad SMARTS) is 1. The van der Waals surface area contributed by atoms with Crippen molar-refractivity contribution in [2.75, 3.05) is 5.32 Å². The highest BCUT2D eigenvalue weighted by atomic mass is 35.5. The van der Waals surface area contributed by atoms with Crippen molar-refractivity contribution in [2.45, 2.75) is 25.3 Å². The second kappa shape index (κ2) is 4.02. The maximum atomic E-state index is 10.8. The van der Waals surface area contributed by atoms with Gasteiger partial charge < -0.3 is 10.4 Å². The Hall–Kier alpha value is -1.36. The highest BCUT2D eigenvalue weighted by molar-refractivity contribution is 6.32. The Bertz CT molecular complexity index is 393. The van der Waals surface area contributed by atoms with Crippen LogP contribution in [0.2, 0.25) is 5.15 Å². The zero-order chi connectivity index (χ0) is 10.8. The number of hydrogen-bond acceptors (Lipinski definition) is 4. The molecular formula is C9H10ClN3O2. The molecule has 0 atom stereocenters. The monoisotopic (exact) mass is 227 g/mol. The summed E-state index contributed by atoms with van der Waals surface area (Å²) in [6, 6.07) is 1.80. The van der Waals surface area contributed by atoms with Crippen molar-refractivity contribution in [3.63, 3.8) is 0 Å². The summed E-state index contributed by atoms with van der Waals surface area (Å²) in [5.74, 6) is -0.618. The molecule has 2 N–H and O–H groups in total. The Labute approximate surface area is 91.5 Å². The minimum absolute atomic E-state index is 0.0199. The first-order chi connectivity index (χ1) is 7.16. The first-order valence-corrected chi connectivity index (χ1v) is 5.07. The zero-order valence-corrected chi connectivity index (χ0v) is 8.66. The first kappa shape index (κ1) is 10.2. The molecule has 15 heavy (non-hydrogen) atoms. The molecule has 1 fully saturated rings. The molecule has 0 saturated heterocycles. The van der Waals surface area contributed by atoms with Crippen molar-refractivity contribution in [2.24, 2.45) is 0 Å². The van der Waals surface area contributed by atoms with Gasteiger partial charge in [-0.2, -0.15) is 0 Å². The smallest absolute Gasteiger partial charge is 0.339 e. The van der Waals surface area contributed by atoms with Crippen molar-refractivity contribution < 1.29 is 9.90 Å². The Morgan fingerprint density at radius 3 is 2.80 bits per heavy atom. The van der Waals surface area contributed by atoms with Crippen LogP contribution in [-0.4, -0.2) is 27.3 Å². The van der Waals surface area contributed by atoms with Crippen molar-refractivity contribution in [1.29, 1.82) is 0 Å². The van der Waals surface area contributed by atoms with Gasteiger partial charge >= 0.3 is 5.97 Å². The molecule has 0 aromatic carbocycles. The molecule has 0 bridgehead atoms. The van der Waals surface area contributed by atoms with Crippen LogP contribution in [0.4, 0.5) is 5.82 Å². The third-order valence-electron chi connectivity index (χ3n) is 2.44. The normalized spacial score (nSPS) is 15.8. The highest BCUT2D eigenvalue weighted by Gasteiger charge is 2.19. The van der Waals surface area contributed by atoms with E-state index in [-0.39, 0.29) is 10.7 Å². The predicted molar refractivity (Wildman–Crippen MR) is 55.3 cm³/mol. The van der Waals surface area contributed by atoms with Gasteiger partial charge in [0.25, 0.3) is 0 Å². The Balaban J connectivity index is 2.17. The summed E-state index contributed by atoms with van der Waals surface area (Å²) in [6.45, 7) is 0. The van der Waals surface area contributed by atoms with Crippen LogP contribution in [0.15, 0.2) is 6.07 Å². The fraction of sp³-hybridized carbons (Fsp3) is 0.444. The summed E-state index contributed by atoms with van der Waals surface area (Å²) < 4.78 is 0. The van der Waals surface area contributed by atoms with E-state index < -0.39 is 5.97 Å². The molecule has 1 saturated carbocycles. The molecule has 1 aromatic rings. The minimum Gasteiger partial charge on any atom is -0.478 e. The molecule has 2 rings (SSSR count). The predicted octanol–water partition coefficient (Wildman–Crippen LogP) is 1.79. The molecule has 5 nitrogen and oxygen atoms in total. The van der Waals surface area contributed by atoms with Gasteiger partial charge in [0.2, 0.25) is 0 Å². The van der Waals surface area contributed by atoms with Gasteiger partial charge in [-0.15, -0.1) is 10.2 Å². The average Bonchev–Trinajstić information content (AvgIpc) is 2.13. The zero-order valence-electron chi connectivity index (χ0n) is 7.90. The van der Waals surface area contributed by atoms with Crippen LogP contribution in [0.1, 0.15) is 29.6 Å². The third kappa shape index (κ3) is 2.18. The number of nitrogens with zero attached hydrogens (tertiary/aromatic N) is 2. The summed E-state index contributed by atoms with van der Waals surface area (Å²) in [5.41, 5.74) is -0.0199. The number of halogens is 1. The van der Waals surface area contributed by atoms with E-state index in [1.807, 2.05) is 0 Å². The van der Waals surface area contributed by atoms with Crippen LogP contribution in [0, 0.1) is 0 Å². The quantitative estimate of drug-likeness (QED) is 0.824. The summed E-state index contributed by atoms with van der Waals surface area (Å²) in [4.78, 5) is 10.8. The molecule has 80 valence electrons. The minimum atomic E-state index is -1.09. The van der Waals surface area contributed by atoms with Crippen molar-refractivity contribution >= 4 is 23.4 Å². The molecule has 1 aliphatic carbocycles. The molecular weight excluding hydrogens is 218 g/mol. The van der Waals surface area contributed by atoms with Gasteiger partial charge in [0.15, 0.2) is 5.15 Å². The molecule has 1 aromatic heterocycles. The molecule has 0 aliphatic heterocycles. The number of aromatic carboxylic acids is 1. The lowest BCUT2D eigenvalue weighted by molar-refractivity contribution is 0.0696.